The van der Waals surface area contributed by atoms with Crippen LogP contribution >= 0.6 is 11.8 Å². The zero-order valence-corrected chi connectivity index (χ0v) is 8.21. The summed E-state index contributed by atoms with van der Waals surface area (Å²) in [7, 11) is 0. The van der Waals surface area contributed by atoms with Gasteiger partial charge < -0.3 is 5.11 Å². The van der Waals surface area contributed by atoms with Gasteiger partial charge in [0.15, 0.2) is 0 Å². The van der Waals surface area contributed by atoms with Crippen molar-refractivity contribution < 1.29 is 9.90 Å². The molecule has 0 saturated carbocycles. The first-order chi connectivity index (χ1) is 6.15. The second-order valence-corrected chi connectivity index (χ2v) is 3.37. The van der Waals surface area contributed by atoms with Crippen LogP contribution in [-0.4, -0.2) is 27.3 Å². The summed E-state index contributed by atoms with van der Waals surface area (Å²) < 4.78 is 0. The van der Waals surface area contributed by atoms with E-state index in [4.69, 9.17) is 5.11 Å². The highest BCUT2D eigenvalue weighted by Crippen LogP contribution is 2.17. The molecule has 1 aromatic rings. The molecule has 1 rings (SSSR count). The van der Waals surface area contributed by atoms with E-state index in [1.165, 1.54) is 18.1 Å². The zero-order chi connectivity index (χ0) is 9.84. The predicted molar refractivity (Wildman–Crippen MR) is 49.9 cm³/mol. The average Bonchev–Trinajstić information content (AvgIpc) is 2.16. The van der Waals surface area contributed by atoms with Gasteiger partial charge in [-0.05, 0) is 19.2 Å². The molecule has 0 amide bonds. The van der Waals surface area contributed by atoms with E-state index in [2.05, 4.69) is 9.97 Å². The first-order valence-corrected chi connectivity index (χ1v) is 4.96. The Morgan fingerprint density at radius 1 is 1.62 bits per heavy atom. The molecule has 1 N–H and O–H groups in total. The Kier molecular flexibility index (Phi) is 3.25. The van der Waals surface area contributed by atoms with E-state index in [1.807, 2.05) is 6.26 Å². The van der Waals surface area contributed by atoms with Gasteiger partial charge in [-0.2, -0.15) is 0 Å². The summed E-state index contributed by atoms with van der Waals surface area (Å²) in [6.45, 7) is 1.61. The SMILES string of the molecule is CSc1cc(C(C)C(=O)O)ncn1. The molecular formula is C8H10N2O2S. The Balaban J connectivity index is 2.94. The van der Waals surface area contributed by atoms with Crippen LogP contribution in [0.5, 0.6) is 0 Å². The van der Waals surface area contributed by atoms with Crippen LogP contribution in [0.3, 0.4) is 0 Å². The molecule has 0 fully saturated rings. The Labute approximate surface area is 80.4 Å². The normalized spacial score (nSPS) is 12.5. The number of hydrogen-bond donors (Lipinski definition) is 1. The average molecular weight is 198 g/mol. The maximum Gasteiger partial charge on any atom is 0.312 e. The summed E-state index contributed by atoms with van der Waals surface area (Å²) in [6.07, 6.45) is 3.28. The zero-order valence-electron chi connectivity index (χ0n) is 7.39. The van der Waals surface area contributed by atoms with Crippen molar-refractivity contribution in [2.24, 2.45) is 0 Å². The van der Waals surface area contributed by atoms with E-state index >= 15 is 0 Å². The number of nitrogens with zero attached hydrogens (tertiary/aromatic N) is 2. The third kappa shape index (κ3) is 2.42. The van der Waals surface area contributed by atoms with Gasteiger partial charge in [0.2, 0.25) is 0 Å². The van der Waals surface area contributed by atoms with Crippen molar-refractivity contribution >= 4 is 17.7 Å². The fourth-order valence-electron chi connectivity index (χ4n) is 0.828. The molecule has 1 heterocycles. The lowest BCUT2D eigenvalue weighted by Gasteiger charge is -2.05. The molecule has 70 valence electrons. The van der Waals surface area contributed by atoms with Gasteiger partial charge in [0.05, 0.1) is 16.6 Å². The summed E-state index contributed by atoms with van der Waals surface area (Å²) >= 11 is 1.47. The molecule has 5 heteroatoms. The molecule has 4 nitrogen and oxygen atoms in total. The molecule has 0 spiro atoms. The maximum absolute atomic E-state index is 10.6. The first kappa shape index (κ1) is 9.98. The first-order valence-electron chi connectivity index (χ1n) is 3.74. The lowest BCUT2D eigenvalue weighted by atomic mass is 10.1. The van der Waals surface area contributed by atoms with Crippen molar-refractivity contribution in [2.45, 2.75) is 17.9 Å². The monoisotopic (exact) mass is 198 g/mol. The molecule has 0 aliphatic heterocycles. The summed E-state index contributed by atoms with van der Waals surface area (Å²) in [5, 5.41) is 9.52. The predicted octanol–water partition coefficient (Wildman–Crippen LogP) is 1.39. The second-order valence-electron chi connectivity index (χ2n) is 2.55. The van der Waals surface area contributed by atoms with Crippen molar-refractivity contribution in [1.82, 2.24) is 9.97 Å². The standard InChI is InChI=1S/C8H10N2O2S/c1-5(8(11)12)6-3-7(13-2)10-4-9-6/h3-5H,1-2H3,(H,11,12). The van der Waals surface area contributed by atoms with Gasteiger partial charge in [-0.15, -0.1) is 11.8 Å². The Morgan fingerprint density at radius 2 is 2.31 bits per heavy atom. The summed E-state index contributed by atoms with van der Waals surface area (Å²) in [6, 6.07) is 1.70. The topological polar surface area (TPSA) is 63.1 Å². The van der Waals surface area contributed by atoms with Crippen LogP contribution in [-0.2, 0) is 4.79 Å². The lowest BCUT2D eigenvalue weighted by molar-refractivity contribution is -0.138. The van der Waals surface area contributed by atoms with Gasteiger partial charge in [0.25, 0.3) is 0 Å². The molecule has 1 unspecified atom stereocenters. The highest BCUT2D eigenvalue weighted by molar-refractivity contribution is 7.98. The minimum atomic E-state index is -0.870. The van der Waals surface area contributed by atoms with Crippen LogP contribution in [0.1, 0.15) is 18.5 Å². The molecule has 0 aliphatic carbocycles. The van der Waals surface area contributed by atoms with Crippen molar-refractivity contribution in [2.75, 3.05) is 6.26 Å². The number of carboxylic acid groups (broad SMARTS) is 1. The number of carboxylic acids is 1. The molecular weight excluding hydrogens is 188 g/mol. The summed E-state index contributed by atoms with van der Waals surface area (Å²) in [5.41, 5.74) is 0.548. The Morgan fingerprint density at radius 3 is 2.85 bits per heavy atom. The molecule has 0 bridgehead atoms. The number of hydrogen-bond acceptors (Lipinski definition) is 4. The smallest absolute Gasteiger partial charge is 0.312 e. The maximum atomic E-state index is 10.6. The van der Waals surface area contributed by atoms with Crippen LogP contribution in [0, 0.1) is 0 Å². The second kappa shape index (κ2) is 4.23. The van der Waals surface area contributed by atoms with Crippen molar-refractivity contribution in [3.05, 3.63) is 18.1 Å². The van der Waals surface area contributed by atoms with E-state index in [0.717, 1.165) is 5.03 Å². The minimum absolute atomic E-state index is 0.548. The third-order valence-electron chi connectivity index (χ3n) is 1.69. The van der Waals surface area contributed by atoms with Gasteiger partial charge >= 0.3 is 5.97 Å². The van der Waals surface area contributed by atoms with Crippen LogP contribution in [0.4, 0.5) is 0 Å². The molecule has 13 heavy (non-hydrogen) atoms. The van der Waals surface area contributed by atoms with E-state index in [0.29, 0.717) is 5.69 Å². The van der Waals surface area contributed by atoms with Gasteiger partial charge in [-0.3, -0.25) is 4.79 Å². The Bertz CT molecular complexity index is 317. The van der Waals surface area contributed by atoms with Crippen molar-refractivity contribution in [3.63, 3.8) is 0 Å². The molecule has 1 atom stereocenters. The van der Waals surface area contributed by atoms with E-state index in [1.54, 1.807) is 13.0 Å². The van der Waals surface area contributed by atoms with Crippen LogP contribution < -0.4 is 0 Å². The Hall–Kier alpha value is -1.10. The van der Waals surface area contributed by atoms with Crippen LogP contribution in [0.25, 0.3) is 0 Å². The molecule has 0 aliphatic rings. The molecule has 0 aromatic carbocycles. The summed E-state index contributed by atoms with van der Waals surface area (Å²) in [4.78, 5) is 18.5. The highest BCUT2D eigenvalue weighted by atomic mass is 32.2. The van der Waals surface area contributed by atoms with E-state index in [9.17, 15) is 4.79 Å². The summed E-state index contributed by atoms with van der Waals surface area (Å²) in [5.74, 6) is -1.44. The van der Waals surface area contributed by atoms with Crippen molar-refractivity contribution in [3.8, 4) is 0 Å². The van der Waals surface area contributed by atoms with Gasteiger partial charge in [0, 0.05) is 0 Å². The molecule has 0 saturated heterocycles. The quantitative estimate of drug-likeness (QED) is 0.587. The van der Waals surface area contributed by atoms with E-state index < -0.39 is 11.9 Å². The van der Waals surface area contributed by atoms with E-state index in [-0.39, 0.29) is 0 Å². The molecule has 1 aromatic heterocycles. The third-order valence-corrected chi connectivity index (χ3v) is 2.33. The number of aliphatic carboxylic acids is 1. The van der Waals surface area contributed by atoms with Gasteiger partial charge in [-0.1, -0.05) is 0 Å². The molecule has 0 radical (unpaired) electrons. The van der Waals surface area contributed by atoms with Crippen molar-refractivity contribution in [1.29, 1.82) is 0 Å². The van der Waals surface area contributed by atoms with Gasteiger partial charge in [0.1, 0.15) is 6.33 Å². The number of carbonyl (C=O) groups is 1. The highest BCUT2D eigenvalue weighted by Gasteiger charge is 2.15. The van der Waals surface area contributed by atoms with Crippen LogP contribution in [0.15, 0.2) is 17.4 Å². The largest absolute Gasteiger partial charge is 0.481 e. The number of aromatic nitrogens is 2. The fourth-order valence-corrected chi connectivity index (χ4v) is 1.22. The fraction of sp³-hybridized carbons (Fsp3) is 0.375. The number of rotatable bonds is 3. The lowest BCUT2D eigenvalue weighted by Crippen LogP contribution is -2.09. The van der Waals surface area contributed by atoms with Crippen LogP contribution in [0.2, 0.25) is 0 Å². The van der Waals surface area contributed by atoms with Gasteiger partial charge in [-0.25, -0.2) is 9.97 Å². The minimum Gasteiger partial charge on any atom is -0.481 e. The number of thioether (sulfide) groups is 1.